The molecule has 0 aliphatic heterocycles. The second kappa shape index (κ2) is 32.2. The van der Waals surface area contributed by atoms with Crippen LogP contribution < -0.4 is 48.1 Å². The summed E-state index contributed by atoms with van der Waals surface area (Å²) in [6.45, 7) is 6.44. The lowest BCUT2D eigenvalue weighted by Crippen LogP contribution is -2.51. The number of carboxylic acid groups (broad SMARTS) is 4. The van der Waals surface area contributed by atoms with Gasteiger partial charge in [-0.3, -0.25) is 28.8 Å². The number of carbonyl (C=O) groups is 10. The van der Waals surface area contributed by atoms with Crippen LogP contribution in [0.25, 0.3) is 10.8 Å². The number of rotatable bonds is 34. The fourth-order valence-electron chi connectivity index (χ4n) is 9.22. The van der Waals surface area contributed by atoms with Gasteiger partial charge in [-0.15, -0.1) is 0 Å². The van der Waals surface area contributed by atoms with E-state index in [2.05, 4.69) is 56.8 Å². The Hall–Kier alpha value is -7.62. The monoisotopic (exact) mass is 1090 g/mol. The topological polar surface area (TPSA) is 365 Å². The zero-order chi connectivity index (χ0) is 58.0. The molecule has 0 spiro atoms. The number of fused-ring (bicyclic) bond motifs is 1. The van der Waals surface area contributed by atoms with Gasteiger partial charge < -0.3 is 68.2 Å². The van der Waals surface area contributed by atoms with E-state index in [9.17, 15) is 63.3 Å². The summed E-state index contributed by atoms with van der Waals surface area (Å²) >= 11 is 0. The van der Waals surface area contributed by atoms with Crippen molar-refractivity contribution in [2.75, 3.05) is 19.6 Å². The van der Waals surface area contributed by atoms with Gasteiger partial charge in [0.15, 0.2) is 0 Å². The van der Waals surface area contributed by atoms with E-state index in [1.807, 2.05) is 66.7 Å². The Morgan fingerprint density at radius 2 is 1.21 bits per heavy atom. The smallest absolute Gasteiger partial charge is 0.326 e. The van der Waals surface area contributed by atoms with E-state index in [0.29, 0.717) is 57.4 Å². The summed E-state index contributed by atoms with van der Waals surface area (Å²) in [4.78, 5) is 125. The minimum absolute atomic E-state index is 0.0507. The molecule has 0 heterocycles. The highest BCUT2D eigenvalue weighted by molar-refractivity contribution is 5.93. The van der Waals surface area contributed by atoms with Crippen LogP contribution in [-0.2, 0) is 56.0 Å². The molecule has 12 N–H and O–H groups in total. The molecule has 1 aliphatic carbocycles. The van der Waals surface area contributed by atoms with Crippen molar-refractivity contribution in [1.29, 1.82) is 0 Å². The maximum atomic E-state index is 13.8. The van der Waals surface area contributed by atoms with E-state index in [1.165, 1.54) is 0 Å². The molecule has 6 unspecified atom stereocenters. The van der Waals surface area contributed by atoms with Gasteiger partial charge in [-0.2, -0.15) is 0 Å². The first kappa shape index (κ1) is 61.2. The number of nitrogens with one attached hydrogen (secondary N) is 7. The van der Waals surface area contributed by atoms with Gasteiger partial charge in [-0.1, -0.05) is 80.6 Å². The minimum atomic E-state index is -1.55. The SMILES string of the molecule is [2H]NC(CCCCNC(=O)C(CC(=O)[O-])NC(=O)C(C)c1ccc(CC(C)C)cc1)C(=O)NCC1CCC(C(=O)NC(Cc2ccc3ccccc3c2)C(=O)NCCCCC(NC(=O)NC(CCC(=O)O)C(=O)O)C(=O)O)CC1. The molecular weight excluding hydrogens is 1010 g/mol. The molecule has 22 heteroatoms. The van der Waals surface area contributed by atoms with Gasteiger partial charge >= 0.3 is 23.9 Å². The van der Waals surface area contributed by atoms with E-state index >= 15 is 0 Å². The molecule has 426 valence electrons. The van der Waals surface area contributed by atoms with E-state index in [0.717, 1.165) is 33.9 Å². The van der Waals surface area contributed by atoms with Crippen LogP contribution in [0.4, 0.5) is 4.79 Å². The number of benzene rings is 3. The third kappa shape index (κ3) is 22.2. The fraction of sp³-hybridized carbons (Fsp3) is 0.536. The lowest BCUT2D eigenvalue weighted by Gasteiger charge is -2.29. The zero-order valence-electron chi connectivity index (χ0n) is 45.6. The van der Waals surface area contributed by atoms with Crippen LogP contribution in [0.2, 0.25) is 1.41 Å². The van der Waals surface area contributed by atoms with Crippen molar-refractivity contribution >= 4 is 70.2 Å². The molecule has 78 heavy (non-hydrogen) atoms. The molecule has 3 aromatic rings. The highest BCUT2D eigenvalue weighted by Crippen LogP contribution is 2.29. The molecule has 1 saturated carbocycles. The lowest BCUT2D eigenvalue weighted by molar-refractivity contribution is -0.306. The van der Waals surface area contributed by atoms with Crippen LogP contribution in [0, 0.1) is 17.8 Å². The predicted octanol–water partition coefficient (Wildman–Crippen LogP) is 2.39. The lowest BCUT2D eigenvalue weighted by atomic mass is 9.81. The average molecular weight is 1090 g/mol. The number of carbonyl (C=O) groups excluding carboxylic acids is 7. The van der Waals surface area contributed by atoms with Crippen molar-refractivity contribution in [1.82, 2.24) is 37.2 Å². The van der Waals surface area contributed by atoms with Crippen molar-refractivity contribution in [3.05, 3.63) is 83.4 Å². The summed E-state index contributed by atoms with van der Waals surface area (Å²) in [5, 5.41) is 59.5. The van der Waals surface area contributed by atoms with Crippen LogP contribution in [0.5, 0.6) is 0 Å². The summed E-state index contributed by atoms with van der Waals surface area (Å²) in [7, 11) is 0. The van der Waals surface area contributed by atoms with Gasteiger partial charge in [0.05, 0.1) is 12.0 Å². The minimum Gasteiger partial charge on any atom is -0.550 e. The quantitative estimate of drug-likeness (QED) is 0.0383. The van der Waals surface area contributed by atoms with E-state index < -0.39 is 109 Å². The summed E-state index contributed by atoms with van der Waals surface area (Å²) in [5.41, 5.74) is 4.94. The molecule has 0 radical (unpaired) electrons. The number of aliphatic carboxylic acids is 4. The molecule has 0 bridgehead atoms. The van der Waals surface area contributed by atoms with Crippen molar-refractivity contribution in [3.63, 3.8) is 0 Å². The Morgan fingerprint density at radius 1 is 0.615 bits per heavy atom. The summed E-state index contributed by atoms with van der Waals surface area (Å²) < 4.78 is 7.78. The van der Waals surface area contributed by atoms with Gasteiger partial charge in [0, 0.05) is 50.8 Å². The van der Waals surface area contributed by atoms with E-state index in [1.54, 1.807) is 6.92 Å². The number of unbranched alkanes of at least 4 members (excludes halogenated alkanes) is 2. The normalized spacial score (nSPS) is 16.6. The molecule has 3 aromatic carbocycles. The first-order valence-corrected chi connectivity index (χ1v) is 26.8. The molecule has 1 aliphatic rings. The van der Waals surface area contributed by atoms with Gasteiger partial charge in [-0.25, -0.2) is 14.4 Å². The number of hydrogen-bond acceptors (Lipinski definition) is 12. The number of hydrogen-bond donors (Lipinski definition) is 11. The van der Waals surface area contributed by atoms with Crippen LogP contribution in [-0.4, -0.2) is 125 Å². The Kier molecular flexibility index (Phi) is 25.3. The molecule has 4 rings (SSSR count). The van der Waals surface area contributed by atoms with Crippen LogP contribution >= 0.6 is 0 Å². The molecular formula is C56H77N8O14-. The number of carboxylic acids is 4. The largest absolute Gasteiger partial charge is 0.550 e. The first-order chi connectivity index (χ1) is 37.6. The molecule has 1 fully saturated rings. The van der Waals surface area contributed by atoms with E-state index in [4.69, 9.17) is 6.52 Å². The summed E-state index contributed by atoms with van der Waals surface area (Å²) in [6, 6.07) is 13.8. The number of amides is 7. The second-order valence-electron chi connectivity index (χ2n) is 20.6. The number of urea groups is 1. The Morgan fingerprint density at radius 3 is 1.79 bits per heavy atom. The fourth-order valence-corrected chi connectivity index (χ4v) is 9.22. The third-order valence-electron chi connectivity index (χ3n) is 13.8. The number of nitrogens with two attached hydrogens (primary N) is 1. The average Bonchev–Trinajstić information content (AvgIpc) is 3.41. The molecule has 7 amide bonds. The van der Waals surface area contributed by atoms with Gasteiger partial charge in [-0.05, 0) is 123 Å². The van der Waals surface area contributed by atoms with Crippen LogP contribution in [0.3, 0.4) is 0 Å². The molecule has 0 aromatic heterocycles. The predicted molar refractivity (Wildman–Crippen MR) is 286 cm³/mol. The van der Waals surface area contributed by atoms with E-state index in [-0.39, 0.29) is 56.5 Å². The maximum absolute atomic E-state index is 13.8. The third-order valence-corrected chi connectivity index (χ3v) is 13.8. The molecule has 0 saturated heterocycles. The standard InChI is InChI=1S/C56H78N8O14/c1-33(2)28-35-14-19-38(20-15-35)34(3)49(69)61-46(31-48(67)68)53(73)59-26-8-6-12-42(57)51(71)60-32-36-16-22-40(23-17-36)50(70)62-45(30-37-18-21-39-10-4-5-11-41(39)29-37)52(72)58-27-9-7-13-43(54(74)75)63-56(78)64-44(55(76)77)24-25-47(65)66/h4-5,10-11,14-15,18-21,29,33-34,36,40,42-46H,6-9,12-13,16-17,22-28,30-32,57H2,1-3H3,(H,58,72)(H,59,73)(H,60,71)(H,61,69)(H,62,70)(H,65,66)(H,67,68)(H,74,75)(H,76,77)(H2,63,64,78)/p-1/i/hD. The zero-order valence-corrected chi connectivity index (χ0v) is 44.6. The highest BCUT2D eigenvalue weighted by Gasteiger charge is 2.31. The summed E-state index contributed by atoms with van der Waals surface area (Å²) in [5.74, 6) is -8.50. The van der Waals surface area contributed by atoms with Crippen LogP contribution in [0.15, 0.2) is 66.7 Å². The molecule has 22 nitrogen and oxygen atoms in total. The van der Waals surface area contributed by atoms with Crippen molar-refractivity contribution in [3.8, 4) is 0 Å². The van der Waals surface area contributed by atoms with Crippen LogP contribution in [0.1, 0.15) is 127 Å². The van der Waals surface area contributed by atoms with Crippen molar-refractivity contribution in [2.45, 2.75) is 153 Å². The Labute approximate surface area is 455 Å². The Balaban J connectivity index is 1.21. The van der Waals surface area contributed by atoms with Crippen molar-refractivity contribution in [2.24, 2.45) is 23.5 Å². The summed E-state index contributed by atoms with van der Waals surface area (Å²) in [6.07, 6.45) is 3.16. The maximum Gasteiger partial charge on any atom is 0.326 e. The Bertz CT molecular complexity index is 2560. The second-order valence-corrected chi connectivity index (χ2v) is 20.6. The van der Waals surface area contributed by atoms with Crippen molar-refractivity contribution < 1.29 is 69.8 Å². The molecule has 6 atom stereocenters. The highest BCUT2D eigenvalue weighted by atomic mass is 16.4. The first-order valence-electron chi connectivity index (χ1n) is 27.3. The van der Waals surface area contributed by atoms with Gasteiger partial charge in [0.25, 0.3) is 0 Å². The van der Waals surface area contributed by atoms with Gasteiger partial charge in [0.2, 0.25) is 29.5 Å². The van der Waals surface area contributed by atoms with Gasteiger partial charge in [0.1, 0.15) is 25.6 Å².